The summed E-state index contributed by atoms with van der Waals surface area (Å²) in [5, 5.41) is 8.76. The average Bonchev–Trinajstić information content (AvgIpc) is 2.35. The zero-order valence-corrected chi connectivity index (χ0v) is 13.3. The van der Waals surface area contributed by atoms with E-state index in [-0.39, 0.29) is 23.8 Å². The molecule has 1 unspecified atom stereocenters. The molecule has 1 atom stereocenters. The van der Waals surface area contributed by atoms with Gasteiger partial charge in [0.25, 0.3) is 0 Å². The first-order chi connectivity index (χ1) is 9.32. The lowest BCUT2D eigenvalue weighted by Crippen LogP contribution is -2.48. The summed E-state index contributed by atoms with van der Waals surface area (Å²) >= 11 is 0. The molecule has 0 saturated heterocycles. The summed E-state index contributed by atoms with van der Waals surface area (Å²) in [7, 11) is 0. The highest BCUT2D eigenvalue weighted by Gasteiger charge is 2.12. The van der Waals surface area contributed by atoms with Crippen molar-refractivity contribution < 1.29 is 14.3 Å². The molecule has 0 radical (unpaired) electrons. The van der Waals surface area contributed by atoms with E-state index >= 15 is 0 Å². The second kappa shape index (κ2) is 10.6. The van der Waals surface area contributed by atoms with E-state index in [1.54, 1.807) is 0 Å². The molecular formula is C14H29N3O3. The zero-order chi connectivity index (χ0) is 15.5. The Morgan fingerprint density at radius 2 is 1.65 bits per heavy atom. The smallest absolute Gasteiger partial charge is 0.222 e. The van der Waals surface area contributed by atoms with E-state index in [2.05, 4.69) is 29.8 Å². The van der Waals surface area contributed by atoms with E-state index < -0.39 is 0 Å². The van der Waals surface area contributed by atoms with Gasteiger partial charge in [-0.15, -0.1) is 0 Å². The van der Waals surface area contributed by atoms with Crippen molar-refractivity contribution in [2.75, 3.05) is 26.4 Å². The Balaban J connectivity index is 4.06. The maximum atomic E-state index is 11.5. The Kier molecular flexibility index (Phi) is 10.0. The number of carbonyl (C=O) groups is 2. The number of carbonyl (C=O) groups excluding carboxylic acids is 2. The van der Waals surface area contributed by atoms with Gasteiger partial charge in [-0.3, -0.25) is 14.9 Å². The van der Waals surface area contributed by atoms with Crippen LogP contribution in [-0.4, -0.2) is 44.3 Å². The molecule has 6 heteroatoms. The number of ether oxygens (including phenoxy) is 1. The van der Waals surface area contributed by atoms with Gasteiger partial charge in [-0.05, 0) is 5.92 Å². The fourth-order valence-corrected chi connectivity index (χ4v) is 1.38. The third-order valence-electron chi connectivity index (χ3n) is 2.57. The molecule has 0 aromatic rings. The molecule has 0 spiro atoms. The monoisotopic (exact) mass is 287 g/mol. The molecule has 0 heterocycles. The maximum absolute atomic E-state index is 11.5. The molecule has 0 saturated carbocycles. The largest absolute Gasteiger partial charge is 0.366 e. The normalized spacial score (nSPS) is 12.6. The minimum Gasteiger partial charge on any atom is -0.366 e. The average molecular weight is 287 g/mol. The van der Waals surface area contributed by atoms with E-state index in [4.69, 9.17) is 4.74 Å². The Hall–Kier alpha value is -1.14. The van der Waals surface area contributed by atoms with Gasteiger partial charge in [0, 0.05) is 32.0 Å². The summed E-state index contributed by atoms with van der Waals surface area (Å²) in [5.74, 6) is 0.345. The highest BCUT2D eigenvalue weighted by molar-refractivity contribution is 5.77. The standard InChI is InChI=1S/C14H29N3O3/c1-10(2)8-20-9-17-13(6-15-12(5)18)7-16-14(19)11(3)4/h10-11,13,17H,6-9H2,1-5H3,(H,15,18)(H,16,19). The van der Waals surface area contributed by atoms with E-state index in [1.165, 1.54) is 6.92 Å². The van der Waals surface area contributed by atoms with Gasteiger partial charge in [-0.2, -0.15) is 0 Å². The van der Waals surface area contributed by atoms with Crippen LogP contribution in [0.1, 0.15) is 34.6 Å². The molecule has 0 rings (SSSR count). The van der Waals surface area contributed by atoms with Crippen molar-refractivity contribution in [3.05, 3.63) is 0 Å². The summed E-state index contributed by atoms with van der Waals surface area (Å²) in [6.45, 7) is 11.3. The fourth-order valence-electron chi connectivity index (χ4n) is 1.38. The van der Waals surface area contributed by atoms with Crippen LogP contribution in [0.25, 0.3) is 0 Å². The molecule has 0 aromatic heterocycles. The molecule has 2 amide bonds. The number of amides is 2. The molecule has 0 aliphatic carbocycles. The third-order valence-corrected chi connectivity index (χ3v) is 2.57. The van der Waals surface area contributed by atoms with Gasteiger partial charge in [-0.25, -0.2) is 0 Å². The summed E-state index contributed by atoms with van der Waals surface area (Å²) < 4.78 is 5.45. The number of hydrogen-bond donors (Lipinski definition) is 3. The molecule has 3 N–H and O–H groups in total. The van der Waals surface area contributed by atoms with Crippen LogP contribution in [0.2, 0.25) is 0 Å². The minimum atomic E-state index is -0.0879. The topological polar surface area (TPSA) is 79.5 Å². The van der Waals surface area contributed by atoms with Crippen LogP contribution < -0.4 is 16.0 Å². The molecule has 0 bridgehead atoms. The number of hydrogen-bond acceptors (Lipinski definition) is 4. The summed E-state index contributed by atoms with van der Waals surface area (Å²) in [5.41, 5.74) is 0. The quantitative estimate of drug-likeness (QED) is 0.403. The summed E-state index contributed by atoms with van der Waals surface area (Å²) in [6.07, 6.45) is 0. The first-order valence-corrected chi connectivity index (χ1v) is 7.16. The first-order valence-electron chi connectivity index (χ1n) is 7.16. The zero-order valence-electron chi connectivity index (χ0n) is 13.3. The molecule has 6 nitrogen and oxygen atoms in total. The van der Waals surface area contributed by atoms with Gasteiger partial charge in [0.05, 0.1) is 13.3 Å². The highest BCUT2D eigenvalue weighted by atomic mass is 16.5. The second-order valence-electron chi connectivity index (χ2n) is 5.65. The van der Waals surface area contributed by atoms with Gasteiger partial charge >= 0.3 is 0 Å². The van der Waals surface area contributed by atoms with Crippen LogP contribution in [0, 0.1) is 11.8 Å². The van der Waals surface area contributed by atoms with Crippen LogP contribution in [0.5, 0.6) is 0 Å². The predicted molar refractivity (Wildman–Crippen MR) is 79.1 cm³/mol. The molecule has 0 aliphatic rings. The first kappa shape index (κ1) is 18.9. The van der Waals surface area contributed by atoms with Crippen LogP contribution in [0.4, 0.5) is 0 Å². The van der Waals surface area contributed by atoms with E-state index in [9.17, 15) is 9.59 Å². The second-order valence-corrected chi connectivity index (χ2v) is 5.65. The minimum absolute atomic E-state index is 0.00252. The maximum Gasteiger partial charge on any atom is 0.222 e. The van der Waals surface area contributed by atoms with Crippen LogP contribution in [0.15, 0.2) is 0 Å². The molecule has 0 aliphatic heterocycles. The van der Waals surface area contributed by atoms with Crippen molar-refractivity contribution in [1.29, 1.82) is 0 Å². The van der Waals surface area contributed by atoms with Crippen molar-refractivity contribution in [3.63, 3.8) is 0 Å². The van der Waals surface area contributed by atoms with Crippen LogP contribution in [0.3, 0.4) is 0 Å². The lowest BCUT2D eigenvalue weighted by atomic mass is 10.2. The van der Waals surface area contributed by atoms with Crippen molar-refractivity contribution in [2.24, 2.45) is 11.8 Å². The molecule has 0 aromatic carbocycles. The summed E-state index contributed by atoms with van der Waals surface area (Å²) in [4.78, 5) is 22.5. The van der Waals surface area contributed by atoms with Gasteiger partial charge in [0.15, 0.2) is 0 Å². The van der Waals surface area contributed by atoms with Gasteiger partial charge in [0.1, 0.15) is 0 Å². The Morgan fingerprint density at radius 1 is 1.05 bits per heavy atom. The Labute approximate surface area is 122 Å². The van der Waals surface area contributed by atoms with Crippen molar-refractivity contribution >= 4 is 11.8 Å². The van der Waals surface area contributed by atoms with Gasteiger partial charge < -0.3 is 15.4 Å². The van der Waals surface area contributed by atoms with E-state index in [1.807, 2.05) is 13.8 Å². The third kappa shape index (κ3) is 10.8. The number of rotatable bonds is 10. The Bertz CT molecular complexity index is 293. The molecule has 118 valence electrons. The summed E-state index contributed by atoms with van der Waals surface area (Å²) in [6, 6.07) is -0.0474. The number of nitrogens with one attached hydrogen (secondary N) is 3. The lowest BCUT2D eigenvalue weighted by Gasteiger charge is -2.20. The van der Waals surface area contributed by atoms with Crippen LogP contribution in [-0.2, 0) is 14.3 Å². The van der Waals surface area contributed by atoms with Crippen molar-refractivity contribution in [1.82, 2.24) is 16.0 Å². The van der Waals surface area contributed by atoms with Crippen LogP contribution >= 0.6 is 0 Å². The molecular weight excluding hydrogens is 258 g/mol. The van der Waals surface area contributed by atoms with E-state index in [0.717, 1.165) is 0 Å². The van der Waals surface area contributed by atoms with Gasteiger partial charge in [-0.1, -0.05) is 27.7 Å². The van der Waals surface area contributed by atoms with Crippen molar-refractivity contribution in [3.8, 4) is 0 Å². The lowest BCUT2D eigenvalue weighted by molar-refractivity contribution is -0.124. The van der Waals surface area contributed by atoms with Gasteiger partial charge in [0.2, 0.25) is 11.8 Å². The highest BCUT2D eigenvalue weighted by Crippen LogP contribution is 1.93. The van der Waals surface area contributed by atoms with E-state index in [0.29, 0.717) is 32.3 Å². The van der Waals surface area contributed by atoms with Crippen molar-refractivity contribution in [2.45, 2.75) is 40.7 Å². The Morgan fingerprint density at radius 3 is 2.15 bits per heavy atom. The fraction of sp³-hybridized carbons (Fsp3) is 0.857. The predicted octanol–water partition coefficient (Wildman–Crippen LogP) is 0.483. The molecule has 0 fully saturated rings. The SMILES string of the molecule is CC(=O)NCC(CNC(=O)C(C)C)NCOCC(C)C. The molecule has 20 heavy (non-hydrogen) atoms.